The fraction of sp³-hybridized carbons (Fsp3) is 0.833. The van der Waals surface area contributed by atoms with Crippen molar-refractivity contribution in [2.75, 3.05) is 0 Å². The molecule has 0 radical (unpaired) electrons. The van der Waals surface area contributed by atoms with Crippen molar-refractivity contribution in [2.45, 2.75) is 45.1 Å². The lowest BCUT2D eigenvalue weighted by Gasteiger charge is -2.32. The number of hydrogen-bond acceptors (Lipinski definition) is 2. The number of nitrogens with one attached hydrogen (secondary N) is 1. The van der Waals surface area contributed by atoms with E-state index in [4.69, 9.17) is 5.11 Å². The second kappa shape index (κ2) is 4.44. The maximum absolute atomic E-state index is 11.8. The summed E-state index contributed by atoms with van der Waals surface area (Å²) in [6.07, 6.45) is 4.77. The van der Waals surface area contributed by atoms with Crippen LogP contribution in [0.3, 0.4) is 0 Å². The Labute approximate surface area is 95.4 Å². The topological polar surface area (TPSA) is 66.4 Å². The van der Waals surface area contributed by atoms with E-state index in [1.54, 1.807) is 0 Å². The summed E-state index contributed by atoms with van der Waals surface area (Å²) in [6, 6.07) is 0.322. The average molecular weight is 225 g/mol. The lowest BCUT2D eigenvalue weighted by molar-refractivity contribution is -0.152. The molecule has 0 saturated heterocycles. The van der Waals surface area contributed by atoms with Gasteiger partial charge in [0.25, 0.3) is 0 Å². The highest BCUT2D eigenvalue weighted by Gasteiger charge is 2.44. The van der Waals surface area contributed by atoms with Gasteiger partial charge in [-0.3, -0.25) is 9.59 Å². The van der Waals surface area contributed by atoms with Gasteiger partial charge in [-0.2, -0.15) is 0 Å². The minimum atomic E-state index is -0.827. The highest BCUT2D eigenvalue weighted by Crippen LogP contribution is 2.38. The van der Waals surface area contributed by atoms with Crippen LogP contribution < -0.4 is 5.32 Å². The van der Waals surface area contributed by atoms with Crippen LogP contribution in [0, 0.1) is 17.8 Å². The van der Waals surface area contributed by atoms with E-state index in [1.165, 1.54) is 0 Å². The Balaban J connectivity index is 1.75. The molecule has 4 heteroatoms. The number of carboxylic acids is 1. The smallest absolute Gasteiger partial charge is 0.307 e. The normalized spacial score (nSPS) is 36.3. The number of carbonyl (C=O) groups is 2. The molecule has 2 saturated carbocycles. The fourth-order valence-electron chi connectivity index (χ4n) is 2.51. The Kier molecular flexibility index (Phi) is 3.17. The molecule has 0 heterocycles. The summed E-state index contributed by atoms with van der Waals surface area (Å²) in [5.41, 5.74) is 0. The molecular weight excluding hydrogens is 206 g/mol. The van der Waals surface area contributed by atoms with Crippen LogP contribution >= 0.6 is 0 Å². The summed E-state index contributed by atoms with van der Waals surface area (Å²) in [6.45, 7) is 2.14. The SMILES string of the molecule is CCCC1CC1NC(=O)C1CCC1C(=O)O. The van der Waals surface area contributed by atoms with E-state index in [1.807, 2.05) is 0 Å². The quantitative estimate of drug-likeness (QED) is 0.743. The van der Waals surface area contributed by atoms with Crippen LogP contribution in [0.4, 0.5) is 0 Å². The maximum Gasteiger partial charge on any atom is 0.307 e. The molecule has 0 aromatic rings. The Morgan fingerprint density at radius 3 is 2.50 bits per heavy atom. The van der Waals surface area contributed by atoms with Crippen LogP contribution in [0.1, 0.15) is 39.0 Å². The van der Waals surface area contributed by atoms with Crippen molar-refractivity contribution in [2.24, 2.45) is 17.8 Å². The van der Waals surface area contributed by atoms with E-state index >= 15 is 0 Å². The molecule has 90 valence electrons. The number of rotatable bonds is 5. The average Bonchev–Trinajstić information content (AvgIpc) is 2.80. The number of amides is 1. The second-order valence-electron chi connectivity index (χ2n) is 5.03. The highest BCUT2D eigenvalue weighted by atomic mass is 16.4. The number of carboxylic acid groups (broad SMARTS) is 1. The zero-order valence-corrected chi connectivity index (χ0v) is 9.61. The summed E-state index contributed by atoms with van der Waals surface area (Å²) in [5.74, 6) is -0.949. The lowest BCUT2D eigenvalue weighted by atomic mass is 9.73. The Morgan fingerprint density at radius 2 is 2.00 bits per heavy atom. The van der Waals surface area contributed by atoms with E-state index in [9.17, 15) is 9.59 Å². The van der Waals surface area contributed by atoms with Crippen LogP contribution in [0.2, 0.25) is 0 Å². The number of hydrogen-bond donors (Lipinski definition) is 2. The summed E-state index contributed by atoms with van der Waals surface area (Å²) in [4.78, 5) is 22.6. The molecule has 0 aromatic carbocycles. The largest absolute Gasteiger partial charge is 0.481 e. The molecule has 4 nitrogen and oxygen atoms in total. The number of carbonyl (C=O) groups excluding carboxylic acids is 1. The van der Waals surface area contributed by atoms with Crippen LogP contribution in [0.5, 0.6) is 0 Å². The molecule has 2 rings (SSSR count). The number of aliphatic carboxylic acids is 1. The summed E-state index contributed by atoms with van der Waals surface area (Å²) in [5, 5.41) is 11.8. The van der Waals surface area contributed by atoms with Gasteiger partial charge in [-0.05, 0) is 31.6 Å². The van der Waals surface area contributed by atoms with Crippen molar-refractivity contribution < 1.29 is 14.7 Å². The molecule has 2 aliphatic carbocycles. The zero-order chi connectivity index (χ0) is 11.7. The van der Waals surface area contributed by atoms with Crippen LogP contribution in [-0.2, 0) is 9.59 Å². The predicted octanol–water partition coefficient (Wildman–Crippen LogP) is 1.40. The first-order valence-electron chi connectivity index (χ1n) is 6.16. The van der Waals surface area contributed by atoms with Gasteiger partial charge in [-0.25, -0.2) is 0 Å². The van der Waals surface area contributed by atoms with Crippen molar-refractivity contribution in [1.82, 2.24) is 5.32 Å². The van der Waals surface area contributed by atoms with Gasteiger partial charge >= 0.3 is 5.97 Å². The lowest BCUT2D eigenvalue weighted by Crippen LogP contribution is -2.45. The first-order valence-corrected chi connectivity index (χ1v) is 6.16. The van der Waals surface area contributed by atoms with Crippen LogP contribution in [0.25, 0.3) is 0 Å². The first-order chi connectivity index (χ1) is 7.63. The van der Waals surface area contributed by atoms with Gasteiger partial charge in [-0.1, -0.05) is 13.3 Å². The van der Waals surface area contributed by atoms with Gasteiger partial charge in [0.15, 0.2) is 0 Å². The summed E-state index contributed by atoms with van der Waals surface area (Å²) < 4.78 is 0. The van der Waals surface area contributed by atoms with Gasteiger partial charge in [-0.15, -0.1) is 0 Å². The molecule has 1 amide bonds. The van der Waals surface area contributed by atoms with Crippen molar-refractivity contribution in [3.8, 4) is 0 Å². The minimum Gasteiger partial charge on any atom is -0.481 e. The maximum atomic E-state index is 11.8. The van der Waals surface area contributed by atoms with Crippen molar-refractivity contribution in [1.29, 1.82) is 0 Å². The van der Waals surface area contributed by atoms with Gasteiger partial charge < -0.3 is 10.4 Å². The standard InChI is InChI=1S/C12H19NO3/c1-2-3-7-6-10(7)13-11(14)8-4-5-9(8)12(15)16/h7-10H,2-6H2,1H3,(H,13,14)(H,15,16). The molecule has 2 N–H and O–H groups in total. The highest BCUT2D eigenvalue weighted by molar-refractivity contribution is 5.86. The molecular formula is C12H19NO3. The fourth-order valence-corrected chi connectivity index (χ4v) is 2.51. The van der Waals surface area contributed by atoms with Crippen molar-refractivity contribution >= 4 is 11.9 Å². The Bertz CT molecular complexity index is 303. The van der Waals surface area contributed by atoms with E-state index in [-0.39, 0.29) is 11.8 Å². The predicted molar refractivity (Wildman–Crippen MR) is 58.8 cm³/mol. The summed E-state index contributed by atoms with van der Waals surface area (Å²) in [7, 11) is 0. The Morgan fingerprint density at radius 1 is 1.31 bits per heavy atom. The zero-order valence-electron chi connectivity index (χ0n) is 9.61. The van der Waals surface area contributed by atoms with E-state index < -0.39 is 11.9 Å². The molecule has 0 spiro atoms. The molecule has 0 bridgehead atoms. The van der Waals surface area contributed by atoms with Crippen LogP contribution in [-0.4, -0.2) is 23.0 Å². The van der Waals surface area contributed by atoms with Crippen molar-refractivity contribution in [3.63, 3.8) is 0 Å². The van der Waals surface area contributed by atoms with Gasteiger partial charge in [0, 0.05) is 6.04 Å². The second-order valence-corrected chi connectivity index (χ2v) is 5.03. The monoisotopic (exact) mass is 225 g/mol. The third-order valence-electron chi connectivity index (χ3n) is 3.84. The molecule has 0 aromatic heterocycles. The van der Waals surface area contributed by atoms with Gasteiger partial charge in [0.1, 0.15) is 0 Å². The van der Waals surface area contributed by atoms with E-state index in [0.29, 0.717) is 18.4 Å². The third-order valence-corrected chi connectivity index (χ3v) is 3.84. The first kappa shape index (κ1) is 11.4. The molecule has 16 heavy (non-hydrogen) atoms. The molecule has 2 fully saturated rings. The summed E-state index contributed by atoms with van der Waals surface area (Å²) >= 11 is 0. The van der Waals surface area contributed by atoms with Crippen molar-refractivity contribution in [3.05, 3.63) is 0 Å². The van der Waals surface area contributed by atoms with Gasteiger partial charge in [0.05, 0.1) is 11.8 Å². The molecule has 4 unspecified atom stereocenters. The molecule has 4 atom stereocenters. The minimum absolute atomic E-state index is 0.0396. The van der Waals surface area contributed by atoms with Gasteiger partial charge in [0.2, 0.25) is 5.91 Å². The third kappa shape index (κ3) is 2.20. The molecule has 2 aliphatic rings. The Hall–Kier alpha value is -1.06. The van der Waals surface area contributed by atoms with Crippen LogP contribution in [0.15, 0.2) is 0 Å². The molecule has 0 aliphatic heterocycles. The van der Waals surface area contributed by atoms with E-state index in [0.717, 1.165) is 25.7 Å². The van der Waals surface area contributed by atoms with E-state index in [2.05, 4.69) is 12.2 Å².